The predicted octanol–water partition coefficient (Wildman–Crippen LogP) is 1.87. The first-order valence-electron chi connectivity index (χ1n) is 9.98. The van der Waals surface area contributed by atoms with Crippen molar-refractivity contribution in [3.8, 4) is 0 Å². The number of aromatic nitrogens is 3. The zero-order valence-corrected chi connectivity index (χ0v) is 16.5. The minimum Gasteiger partial charge on any atom is -0.376 e. The molecule has 1 fully saturated rings. The van der Waals surface area contributed by atoms with Crippen LogP contribution < -0.4 is 10.2 Å². The molecule has 0 unspecified atom stereocenters. The Balaban J connectivity index is 1.33. The number of piperidine rings is 1. The summed E-state index contributed by atoms with van der Waals surface area (Å²) in [7, 11) is 0. The number of ether oxygens (including phenoxy) is 1. The summed E-state index contributed by atoms with van der Waals surface area (Å²) in [5.74, 6) is 1.62. The maximum atomic E-state index is 12.4. The number of aryl methyl sites for hydroxylation is 2. The Morgan fingerprint density at radius 2 is 2.29 bits per heavy atom. The third-order valence-corrected chi connectivity index (χ3v) is 5.53. The summed E-state index contributed by atoms with van der Waals surface area (Å²) in [5, 5.41) is 7.12. The first kappa shape index (κ1) is 18.9. The fourth-order valence-corrected chi connectivity index (χ4v) is 3.95. The molecule has 0 bridgehead atoms. The molecule has 2 aliphatic heterocycles. The van der Waals surface area contributed by atoms with Gasteiger partial charge in [0, 0.05) is 49.3 Å². The van der Waals surface area contributed by atoms with Crippen LogP contribution in [0.2, 0.25) is 0 Å². The number of carbonyl (C=O) groups is 1. The molecule has 1 N–H and O–H groups in total. The first-order chi connectivity index (χ1) is 13.6. The van der Waals surface area contributed by atoms with Crippen molar-refractivity contribution in [2.24, 2.45) is 0 Å². The van der Waals surface area contributed by atoms with E-state index in [2.05, 4.69) is 20.4 Å². The van der Waals surface area contributed by atoms with E-state index >= 15 is 0 Å². The van der Waals surface area contributed by atoms with Crippen LogP contribution in [0.5, 0.6) is 0 Å². The Morgan fingerprint density at radius 1 is 1.39 bits per heavy atom. The molecule has 0 saturated carbocycles. The summed E-state index contributed by atoms with van der Waals surface area (Å²) in [5.41, 5.74) is 4.06. The van der Waals surface area contributed by atoms with Crippen LogP contribution in [0.15, 0.2) is 10.7 Å². The van der Waals surface area contributed by atoms with Gasteiger partial charge in [-0.3, -0.25) is 4.79 Å². The smallest absolute Gasteiger partial charge is 0.225 e. The van der Waals surface area contributed by atoms with Crippen molar-refractivity contribution < 1.29 is 14.1 Å². The van der Waals surface area contributed by atoms with Crippen molar-refractivity contribution >= 4 is 11.9 Å². The van der Waals surface area contributed by atoms with E-state index < -0.39 is 0 Å². The van der Waals surface area contributed by atoms with Crippen LogP contribution in [0.25, 0.3) is 0 Å². The number of rotatable bonds is 5. The molecule has 2 aromatic heterocycles. The minimum atomic E-state index is 0.0651. The second kappa shape index (κ2) is 8.26. The summed E-state index contributed by atoms with van der Waals surface area (Å²) in [4.78, 5) is 23.9. The number of nitrogens with one attached hydrogen (secondary N) is 1. The maximum Gasteiger partial charge on any atom is 0.225 e. The first-order valence-corrected chi connectivity index (χ1v) is 9.98. The van der Waals surface area contributed by atoms with Gasteiger partial charge in [0.05, 0.1) is 24.6 Å². The summed E-state index contributed by atoms with van der Waals surface area (Å²) < 4.78 is 10.6. The molecular weight excluding hydrogens is 358 g/mol. The molecular formula is C20H27N5O3. The zero-order chi connectivity index (χ0) is 19.5. The van der Waals surface area contributed by atoms with Gasteiger partial charge in [0.2, 0.25) is 11.9 Å². The number of hydrogen-bond donors (Lipinski definition) is 1. The summed E-state index contributed by atoms with van der Waals surface area (Å²) in [6, 6.07) is 0.119. The van der Waals surface area contributed by atoms with Crippen molar-refractivity contribution in [2.45, 2.75) is 58.6 Å². The summed E-state index contributed by atoms with van der Waals surface area (Å²) >= 11 is 0. The zero-order valence-electron chi connectivity index (χ0n) is 16.5. The standard InChI is InChI=1S/C20H27N5O3/c1-13-17(14(2)28-24-13)5-6-19(26)22-16-4-3-8-25(11-16)20-21-10-15-12-27-9-7-18(15)23-20/h10,16H,3-9,11-12H2,1-2H3,(H,22,26)/t16-/m1/s1. The fourth-order valence-electron chi connectivity index (χ4n) is 3.95. The normalized spacial score (nSPS) is 19.4. The molecule has 8 heteroatoms. The molecule has 1 saturated heterocycles. The van der Waals surface area contributed by atoms with E-state index in [-0.39, 0.29) is 11.9 Å². The summed E-state index contributed by atoms with van der Waals surface area (Å²) in [6.45, 7) is 6.77. The SMILES string of the molecule is Cc1noc(C)c1CCC(=O)N[C@@H]1CCCN(c2ncc3c(n2)CCOC3)C1. The van der Waals surface area contributed by atoms with Crippen molar-refractivity contribution in [1.82, 2.24) is 20.4 Å². The molecule has 4 rings (SSSR count). The van der Waals surface area contributed by atoms with Gasteiger partial charge in [-0.1, -0.05) is 5.16 Å². The largest absolute Gasteiger partial charge is 0.376 e. The van der Waals surface area contributed by atoms with Crippen LogP contribution in [0, 0.1) is 13.8 Å². The highest BCUT2D eigenvalue weighted by Crippen LogP contribution is 2.20. The van der Waals surface area contributed by atoms with E-state index in [4.69, 9.17) is 14.2 Å². The maximum absolute atomic E-state index is 12.4. The average Bonchev–Trinajstić information content (AvgIpc) is 3.04. The van der Waals surface area contributed by atoms with Crippen LogP contribution in [0.3, 0.4) is 0 Å². The van der Waals surface area contributed by atoms with Crippen LogP contribution in [0.1, 0.15) is 47.5 Å². The average molecular weight is 385 g/mol. The molecule has 2 aromatic rings. The number of amides is 1. The number of anilines is 1. The van der Waals surface area contributed by atoms with E-state index in [1.165, 1.54) is 0 Å². The molecule has 0 aliphatic carbocycles. The highest BCUT2D eigenvalue weighted by molar-refractivity contribution is 5.76. The van der Waals surface area contributed by atoms with Crippen molar-refractivity contribution in [3.63, 3.8) is 0 Å². The lowest BCUT2D eigenvalue weighted by atomic mass is 10.0. The van der Waals surface area contributed by atoms with Gasteiger partial charge in [-0.15, -0.1) is 0 Å². The van der Waals surface area contributed by atoms with Gasteiger partial charge in [0.25, 0.3) is 0 Å². The fraction of sp³-hybridized carbons (Fsp3) is 0.600. The Hall–Kier alpha value is -2.48. The van der Waals surface area contributed by atoms with Gasteiger partial charge in [-0.25, -0.2) is 9.97 Å². The van der Waals surface area contributed by atoms with Gasteiger partial charge in [0.15, 0.2) is 0 Å². The number of hydrogen-bond acceptors (Lipinski definition) is 7. The minimum absolute atomic E-state index is 0.0651. The molecule has 0 aromatic carbocycles. The molecule has 8 nitrogen and oxygen atoms in total. The monoisotopic (exact) mass is 385 g/mol. The topological polar surface area (TPSA) is 93.4 Å². The lowest BCUT2D eigenvalue weighted by molar-refractivity contribution is -0.121. The van der Waals surface area contributed by atoms with Crippen molar-refractivity contribution in [3.05, 3.63) is 34.5 Å². The quantitative estimate of drug-likeness (QED) is 0.840. The van der Waals surface area contributed by atoms with E-state index in [1.54, 1.807) is 0 Å². The Labute approximate surface area is 164 Å². The van der Waals surface area contributed by atoms with Gasteiger partial charge in [0.1, 0.15) is 5.76 Å². The van der Waals surface area contributed by atoms with Gasteiger partial charge in [-0.05, 0) is 33.1 Å². The van der Waals surface area contributed by atoms with E-state index in [1.807, 2.05) is 20.0 Å². The van der Waals surface area contributed by atoms with E-state index in [9.17, 15) is 4.79 Å². The van der Waals surface area contributed by atoms with Crippen LogP contribution in [-0.2, 0) is 29.0 Å². The Bertz CT molecular complexity index is 831. The van der Waals surface area contributed by atoms with Gasteiger partial charge >= 0.3 is 0 Å². The summed E-state index contributed by atoms with van der Waals surface area (Å²) in [6.07, 6.45) is 5.79. The van der Waals surface area contributed by atoms with Crippen molar-refractivity contribution in [1.29, 1.82) is 0 Å². The number of carbonyl (C=O) groups excluding carboxylic acids is 1. The molecule has 0 radical (unpaired) electrons. The van der Waals surface area contributed by atoms with Gasteiger partial charge in [-0.2, -0.15) is 0 Å². The van der Waals surface area contributed by atoms with Gasteiger partial charge < -0.3 is 19.5 Å². The molecule has 2 aliphatic rings. The number of nitrogens with zero attached hydrogens (tertiary/aromatic N) is 4. The molecule has 0 spiro atoms. The molecule has 28 heavy (non-hydrogen) atoms. The second-order valence-corrected chi connectivity index (χ2v) is 7.60. The molecule has 1 amide bonds. The van der Waals surface area contributed by atoms with Crippen molar-refractivity contribution in [2.75, 3.05) is 24.6 Å². The van der Waals surface area contributed by atoms with E-state index in [0.29, 0.717) is 26.1 Å². The predicted molar refractivity (Wildman–Crippen MR) is 103 cm³/mol. The number of fused-ring (bicyclic) bond motifs is 1. The highest BCUT2D eigenvalue weighted by Gasteiger charge is 2.24. The highest BCUT2D eigenvalue weighted by atomic mass is 16.5. The molecule has 150 valence electrons. The van der Waals surface area contributed by atoms with Crippen LogP contribution in [-0.4, -0.2) is 46.8 Å². The second-order valence-electron chi connectivity index (χ2n) is 7.60. The Kier molecular flexibility index (Phi) is 5.57. The third-order valence-electron chi connectivity index (χ3n) is 5.53. The molecule has 4 heterocycles. The Morgan fingerprint density at radius 3 is 3.11 bits per heavy atom. The third kappa shape index (κ3) is 4.16. The lowest BCUT2D eigenvalue weighted by Crippen LogP contribution is -2.48. The van der Waals surface area contributed by atoms with Crippen LogP contribution >= 0.6 is 0 Å². The van der Waals surface area contributed by atoms with E-state index in [0.717, 1.165) is 66.6 Å². The molecule has 1 atom stereocenters. The van der Waals surface area contributed by atoms with Crippen LogP contribution in [0.4, 0.5) is 5.95 Å². The lowest BCUT2D eigenvalue weighted by Gasteiger charge is -2.33.